The van der Waals surface area contributed by atoms with Gasteiger partial charge in [0.05, 0.1) is 18.0 Å². The molecule has 112 valence electrons. The van der Waals surface area contributed by atoms with Crippen LogP contribution in [0.15, 0.2) is 0 Å². The predicted molar refractivity (Wildman–Crippen MR) is 73.8 cm³/mol. The molecule has 1 N–H and O–H groups in total. The van der Waals surface area contributed by atoms with E-state index < -0.39 is 14.6 Å². The van der Waals surface area contributed by atoms with Gasteiger partial charge in [0, 0.05) is 31.7 Å². The second kappa shape index (κ2) is 5.31. The SMILES string of the molecule is CC(C)(CNC1CCC2(CC1)OCCO2)S(C)(=O)=O. The first-order chi connectivity index (χ1) is 8.74. The summed E-state index contributed by atoms with van der Waals surface area (Å²) < 4.78 is 33.9. The van der Waals surface area contributed by atoms with Crippen LogP contribution < -0.4 is 5.32 Å². The minimum atomic E-state index is -3.04. The summed E-state index contributed by atoms with van der Waals surface area (Å²) in [6, 6.07) is 0.361. The van der Waals surface area contributed by atoms with Crippen LogP contribution in [0.5, 0.6) is 0 Å². The molecule has 0 bridgehead atoms. The summed E-state index contributed by atoms with van der Waals surface area (Å²) in [4.78, 5) is 0. The summed E-state index contributed by atoms with van der Waals surface area (Å²) in [6.45, 7) is 5.41. The van der Waals surface area contributed by atoms with E-state index in [2.05, 4.69) is 5.32 Å². The molecule has 2 fully saturated rings. The minimum Gasteiger partial charge on any atom is -0.348 e. The molecule has 5 nitrogen and oxygen atoms in total. The molecule has 0 amide bonds. The molecule has 1 heterocycles. The van der Waals surface area contributed by atoms with Crippen molar-refractivity contribution >= 4 is 9.84 Å². The molecule has 1 aliphatic carbocycles. The normalized spacial score (nSPS) is 25.0. The summed E-state index contributed by atoms with van der Waals surface area (Å²) in [5, 5.41) is 3.38. The average molecular weight is 291 g/mol. The fourth-order valence-electron chi connectivity index (χ4n) is 2.57. The highest BCUT2D eigenvalue weighted by Crippen LogP contribution is 2.35. The Balaban J connectivity index is 1.80. The van der Waals surface area contributed by atoms with Gasteiger partial charge in [-0.3, -0.25) is 0 Å². The van der Waals surface area contributed by atoms with Gasteiger partial charge in [-0.2, -0.15) is 0 Å². The van der Waals surface area contributed by atoms with Crippen LogP contribution in [-0.2, 0) is 19.3 Å². The van der Waals surface area contributed by atoms with Crippen LogP contribution in [0.2, 0.25) is 0 Å². The Hall–Kier alpha value is -0.170. The number of hydrogen-bond donors (Lipinski definition) is 1. The van der Waals surface area contributed by atoms with E-state index in [1.165, 1.54) is 6.26 Å². The third-order valence-corrected chi connectivity index (χ3v) is 6.53. The zero-order chi connectivity index (χ0) is 14.1. The monoisotopic (exact) mass is 291 g/mol. The summed E-state index contributed by atoms with van der Waals surface area (Å²) >= 11 is 0. The van der Waals surface area contributed by atoms with E-state index in [0.29, 0.717) is 25.8 Å². The molecule has 0 atom stereocenters. The first kappa shape index (κ1) is 15.2. The first-order valence-electron chi connectivity index (χ1n) is 6.95. The van der Waals surface area contributed by atoms with Crippen molar-refractivity contribution in [3.8, 4) is 0 Å². The molecule has 19 heavy (non-hydrogen) atoms. The highest BCUT2D eigenvalue weighted by atomic mass is 32.2. The van der Waals surface area contributed by atoms with E-state index in [1.54, 1.807) is 13.8 Å². The Morgan fingerprint density at radius 1 is 1.21 bits per heavy atom. The molecular weight excluding hydrogens is 266 g/mol. The Morgan fingerprint density at radius 2 is 1.74 bits per heavy atom. The van der Waals surface area contributed by atoms with E-state index >= 15 is 0 Å². The van der Waals surface area contributed by atoms with E-state index in [9.17, 15) is 8.42 Å². The number of rotatable bonds is 4. The molecule has 0 unspecified atom stereocenters. The van der Waals surface area contributed by atoms with Crippen LogP contribution in [0, 0.1) is 0 Å². The lowest BCUT2D eigenvalue weighted by Crippen LogP contribution is -2.48. The van der Waals surface area contributed by atoms with Gasteiger partial charge in [0.2, 0.25) is 0 Å². The molecule has 2 aliphatic rings. The third kappa shape index (κ3) is 3.48. The predicted octanol–water partition coefficient (Wildman–Crippen LogP) is 1.08. The molecule has 2 rings (SSSR count). The molecule has 6 heteroatoms. The van der Waals surface area contributed by atoms with Gasteiger partial charge in [0.15, 0.2) is 15.6 Å². The summed E-state index contributed by atoms with van der Waals surface area (Å²) in [7, 11) is -3.04. The molecule has 1 aliphatic heterocycles. The summed E-state index contributed by atoms with van der Waals surface area (Å²) in [6.07, 6.45) is 5.03. The summed E-state index contributed by atoms with van der Waals surface area (Å²) in [5.74, 6) is -0.343. The standard InChI is InChI=1S/C13H25NO4S/c1-12(2,19(3,15)16)10-14-11-4-6-13(7-5-11)17-8-9-18-13/h11,14H,4-10H2,1-3H3. The van der Waals surface area contributed by atoms with E-state index in [1.807, 2.05) is 0 Å². The molecule has 0 aromatic heterocycles. The molecule has 0 radical (unpaired) electrons. The molecule has 1 spiro atoms. The molecule has 1 saturated carbocycles. The molecule has 0 aromatic carbocycles. The maximum Gasteiger partial charge on any atom is 0.168 e. The highest BCUT2D eigenvalue weighted by Gasteiger charge is 2.40. The minimum absolute atomic E-state index is 0.343. The van der Waals surface area contributed by atoms with Crippen molar-refractivity contribution in [2.24, 2.45) is 0 Å². The van der Waals surface area contributed by atoms with Gasteiger partial charge >= 0.3 is 0 Å². The molecule has 0 aromatic rings. The Bertz CT molecular complexity index is 402. The van der Waals surface area contributed by atoms with Crippen molar-refractivity contribution in [1.29, 1.82) is 0 Å². The van der Waals surface area contributed by atoms with Crippen LogP contribution in [-0.4, -0.2) is 51.0 Å². The first-order valence-corrected chi connectivity index (χ1v) is 8.84. The fourth-order valence-corrected chi connectivity index (χ4v) is 2.91. The zero-order valence-electron chi connectivity index (χ0n) is 12.1. The topological polar surface area (TPSA) is 64.6 Å². The second-order valence-electron chi connectivity index (χ2n) is 6.29. The van der Waals surface area contributed by atoms with Crippen LogP contribution >= 0.6 is 0 Å². The van der Waals surface area contributed by atoms with E-state index in [-0.39, 0.29) is 5.79 Å². The van der Waals surface area contributed by atoms with Crippen molar-refractivity contribution in [2.75, 3.05) is 26.0 Å². The van der Waals surface area contributed by atoms with Gasteiger partial charge in [0.25, 0.3) is 0 Å². The van der Waals surface area contributed by atoms with Crippen molar-refractivity contribution < 1.29 is 17.9 Å². The number of ether oxygens (including phenoxy) is 2. The van der Waals surface area contributed by atoms with Crippen LogP contribution in [0.3, 0.4) is 0 Å². The average Bonchev–Trinajstić information content (AvgIpc) is 2.76. The number of nitrogens with one attached hydrogen (secondary N) is 1. The van der Waals surface area contributed by atoms with Crippen molar-refractivity contribution in [1.82, 2.24) is 5.32 Å². The van der Waals surface area contributed by atoms with Gasteiger partial charge in [-0.05, 0) is 26.7 Å². The molecular formula is C13H25NO4S. The lowest BCUT2D eigenvalue weighted by atomic mass is 9.90. The number of hydrogen-bond acceptors (Lipinski definition) is 5. The zero-order valence-corrected chi connectivity index (χ0v) is 12.9. The van der Waals surface area contributed by atoms with Crippen LogP contribution in [0.4, 0.5) is 0 Å². The van der Waals surface area contributed by atoms with Gasteiger partial charge in [-0.25, -0.2) is 8.42 Å². The Morgan fingerprint density at radius 3 is 2.21 bits per heavy atom. The van der Waals surface area contributed by atoms with Crippen molar-refractivity contribution in [3.63, 3.8) is 0 Å². The van der Waals surface area contributed by atoms with Crippen molar-refractivity contribution in [3.05, 3.63) is 0 Å². The Kier molecular flexibility index (Phi) is 4.26. The van der Waals surface area contributed by atoms with Gasteiger partial charge in [-0.1, -0.05) is 0 Å². The van der Waals surface area contributed by atoms with E-state index in [0.717, 1.165) is 25.7 Å². The summed E-state index contributed by atoms with van der Waals surface area (Å²) in [5.41, 5.74) is 0. The van der Waals surface area contributed by atoms with Gasteiger partial charge in [0.1, 0.15) is 0 Å². The van der Waals surface area contributed by atoms with Gasteiger partial charge in [-0.15, -0.1) is 0 Å². The number of sulfone groups is 1. The van der Waals surface area contributed by atoms with E-state index in [4.69, 9.17) is 9.47 Å². The highest BCUT2D eigenvalue weighted by molar-refractivity contribution is 7.92. The van der Waals surface area contributed by atoms with Crippen molar-refractivity contribution in [2.45, 2.75) is 56.1 Å². The lowest BCUT2D eigenvalue weighted by molar-refractivity contribution is -0.179. The second-order valence-corrected chi connectivity index (χ2v) is 8.94. The quantitative estimate of drug-likeness (QED) is 0.840. The van der Waals surface area contributed by atoms with Crippen LogP contribution in [0.1, 0.15) is 39.5 Å². The maximum atomic E-state index is 11.6. The Labute approximate surface area is 116 Å². The largest absolute Gasteiger partial charge is 0.348 e. The molecule has 1 saturated heterocycles. The van der Waals surface area contributed by atoms with Crippen LogP contribution in [0.25, 0.3) is 0 Å². The maximum absolute atomic E-state index is 11.6. The lowest BCUT2D eigenvalue weighted by Gasteiger charge is -2.36. The third-order valence-electron chi connectivity index (χ3n) is 4.38. The van der Waals surface area contributed by atoms with Gasteiger partial charge < -0.3 is 14.8 Å². The smallest absolute Gasteiger partial charge is 0.168 e. The fraction of sp³-hybridized carbons (Fsp3) is 1.00.